The first-order valence-corrected chi connectivity index (χ1v) is 8.13. The van der Waals surface area contributed by atoms with Gasteiger partial charge in [-0.2, -0.15) is 0 Å². The number of hydrogen-bond donors (Lipinski definition) is 0. The van der Waals surface area contributed by atoms with Crippen LogP contribution < -0.4 is 0 Å². The molecule has 2 aromatic rings. The highest BCUT2D eigenvalue weighted by atomic mass is 14.5. The molecular formula is C20H20. The molecule has 0 fully saturated rings. The molecule has 0 saturated carbocycles. The van der Waals surface area contributed by atoms with Crippen LogP contribution in [0.3, 0.4) is 0 Å². The van der Waals surface area contributed by atoms with Gasteiger partial charge in [0, 0.05) is 5.92 Å². The maximum atomic E-state index is 2.42. The highest BCUT2D eigenvalue weighted by molar-refractivity contribution is 5.53. The summed E-state index contributed by atoms with van der Waals surface area (Å²) in [4.78, 5) is 0. The molecule has 0 saturated heterocycles. The summed E-state index contributed by atoms with van der Waals surface area (Å²) in [6.45, 7) is 0. The van der Waals surface area contributed by atoms with Crippen molar-refractivity contribution < 1.29 is 0 Å². The molecule has 20 heavy (non-hydrogen) atoms. The average Bonchev–Trinajstić information content (AvgIpc) is 2.85. The van der Waals surface area contributed by atoms with Crippen LogP contribution in [0.15, 0.2) is 42.5 Å². The van der Waals surface area contributed by atoms with Gasteiger partial charge in [0.15, 0.2) is 0 Å². The van der Waals surface area contributed by atoms with E-state index < -0.39 is 0 Å². The van der Waals surface area contributed by atoms with Crippen molar-refractivity contribution >= 4 is 0 Å². The van der Waals surface area contributed by atoms with Crippen molar-refractivity contribution in [3.05, 3.63) is 70.3 Å². The molecule has 3 atom stereocenters. The van der Waals surface area contributed by atoms with Gasteiger partial charge >= 0.3 is 0 Å². The molecule has 3 aliphatic rings. The Morgan fingerprint density at radius 1 is 0.750 bits per heavy atom. The zero-order valence-electron chi connectivity index (χ0n) is 11.8. The number of rotatable bonds is 0. The Morgan fingerprint density at radius 3 is 2.60 bits per heavy atom. The van der Waals surface area contributed by atoms with E-state index in [0.29, 0.717) is 5.92 Å². The molecule has 0 amide bonds. The minimum absolute atomic E-state index is 0.693. The molecule has 5 rings (SSSR count). The molecule has 0 aliphatic heterocycles. The van der Waals surface area contributed by atoms with E-state index in [0.717, 1.165) is 11.8 Å². The van der Waals surface area contributed by atoms with Crippen molar-refractivity contribution in [2.45, 2.75) is 43.9 Å². The van der Waals surface area contributed by atoms with Crippen molar-refractivity contribution in [2.24, 2.45) is 5.92 Å². The Balaban J connectivity index is 1.77. The standard InChI is InChI=1S/C20H20/c1-2-8-15-13(5-1)11-12-17-16-9-3-6-14-7-4-10-18(19(14)16)20(15)17/h1-2,4-5,7-8,10,16-17,20H,3,6,9,11-12H2/t16-,17+,20+/m0/s1. The van der Waals surface area contributed by atoms with Crippen LogP contribution >= 0.6 is 0 Å². The van der Waals surface area contributed by atoms with E-state index >= 15 is 0 Å². The normalized spacial score (nSPS) is 29.5. The van der Waals surface area contributed by atoms with Crippen LogP contribution in [0.4, 0.5) is 0 Å². The van der Waals surface area contributed by atoms with Gasteiger partial charge in [0.25, 0.3) is 0 Å². The molecule has 0 spiro atoms. The number of benzene rings is 2. The van der Waals surface area contributed by atoms with Crippen LogP contribution in [0, 0.1) is 5.92 Å². The highest BCUT2D eigenvalue weighted by Crippen LogP contribution is 2.58. The monoisotopic (exact) mass is 260 g/mol. The molecule has 0 heterocycles. The van der Waals surface area contributed by atoms with Crippen LogP contribution in [-0.4, -0.2) is 0 Å². The Labute approximate surface area is 120 Å². The summed E-state index contributed by atoms with van der Waals surface area (Å²) in [6.07, 6.45) is 6.80. The van der Waals surface area contributed by atoms with Crippen molar-refractivity contribution in [1.29, 1.82) is 0 Å². The second kappa shape index (κ2) is 3.97. The first-order valence-electron chi connectivity index (χ1n) is 8.13. The first kappa shape index (κ1) is 11.1. The van der Waals surface area contributed by atoms with E-state index in [1.165, 1.54) is 32.1 Å². The van der Waals surface area contributed by atoms with E-state index in [-0.39, 0.29) is 0 Å². The second-order valence-electron chi connectivity index (χ2n) is 6.80. The van der Waals surface area contributed by atoms with Crippen molar-refractivity contribution in [1.82, 2.24) is 0 Å². The molecule has 0 unspecified atom stereocenters. The zero-order valence-corrected chi connectivity index (χ0v) is 11.8. The lowest BCUT2D eigenvalue weighted by atomic mass is 9.71. The number of fused-ring (bicyclic) bond motifs is 5. The van der Waals surface area contributed by atoms with E-state index in [9.17, 15) is 0 Å². The minimum atomic E-state index is 0.693. The summed E-state index contributed by atoms with van der Waals surface area (Å²) in [5.74, 6) is 2.42. The summed E-state index contributed by atoms with van der Waals surface area (Å²) in [5, 5.41) is 0. The Hall–Kier alpha value is -1.56. The van der Waals surface area contributed by atoms with Gasteiger partial charge < -0.3 is 0 Å². The average molecular weight is 260 g/mol. The van der Waals surface area contributed by atoms with E-state index in [1.54, 1.807) is 27.8 Å². The summed E-state index contributed by atoms with van der Waals surface area (Å²) >= 11 is 0. The third-order valence-corrected chi connectivity index (χ3v) is 5.98. The quantitative estimate of drug-likeness (QED) is 0.637. The predicted octanol–water partition coefficient (Wildman–Crippen LogP) is 4.81. The van der Waals surface area contributed by atoms with Gasteiger partial charge in [-0.05, 0) is 71.8 Å². The maximum Gasteiger partial charge on any atom is 0.0129 e. The van der Waals surface area contributed by atoms with Crippen LogP contribution in [0.25, 0.3) is 0 Å². The van der Waals surface area contributed by atoms with Gasteiger partial charge in [-0.15, -0.1) is 0 Å². The van der Waals surface area contributed by atoms with E-state index in [1.807, 2.05) is 0 Å². The molecule has 0 radical (unpaired) electrons. The highest BCUT2D eigenvalue weighted by Gasteiger charge is 2.45. The van der Waals surface area contributed by atoms with E-state index in [2.05, 4.69) is 42.5 Å². The second-order valence-corrected chi connectivity index (χ2v) is 6.80. The van der Waals surface area contributed by atoms with Crippen molar-refractivity contribution in [2.75, 3.05) is 0 Å². The summed E-state index contributed by atoms with van der Waals surface area (Å²) in [6, 6.07) is 16.3. The molecule has 0 nitrogen and oxygen atoms in total. The topological polar surface area (TPSA) is 0 Å². The predicted molar refractivity (Wildman–Crippen MR) is 82.2 cm³/mol. The molecule has 0 heteroatoms. The van der Waals surface area contributed by atoms with Crippen molar-refractivity contribution in [3.8, 4) is 0 Å². The fourth-order valence-electron chi connectivity index (χ4n) is 5.28. The van der Waals surface area contributed by atoms with Crippen LogP contribution in [0.5, 0.6) is 0 Å². The van der Waals surface area contributed by atoms with Crippen LogP contribution in [0.1, 0.15) is 58.9 Å². The van der Waals surface area contributed by atoms with Crippen LogP contribution in [-0.2, 0) is 12.8 Å². The minimum Gasteiger partial charge on any atom is -0.0620 e. The molecular weight excluding hydrogens is 240 g/mol. The Morgan fingerprint density at radius 2 is 1.60 bits per heavy atom. The van der Waals surface area contributed by atoms with E-state index in [4.69, 9.17) is 0 Å². The third-order valence-electron chi connectivity index (χ3n) is 5.98. The number of aryl methyl sites for hydroxylation is 2. The fourth-order valence-corrected chi connectivity index (χ4v) is 5.28. The third kappa shape index (κ3) is 1.32. The lowest BCUT2D eigenvalue weighted by Gasteiger charge is -2.33. The Bertz CT molecular complexity index is 682. The lowest BCUT2D eigenvalue weighted by molar-refractivity contribution is 0.346. The van der Waals surface area contributed by atoms with Crippen molar-refractivity contribution in [3.63, 3.8) is 0 Å². The fraction of sp³-hybridized carbons (Fsp3) is 0.400. The summed E-state index contributed by atoms with van der Waals surface area (Å²) < 4.78 is 0. The van der Waals surface area contributed by atoms with Gasteiger partial charge in [0.05, 0.1) is 0 Å². The smallest absolute Gasteiger partial charge is 0.0129 e. The Kier molecular flexibility index (Phi) is 2.21. The maximum absolute atomic E-state index is 2.42. The van der Waals surface area contributed by atoms with Gasteiger partial charge in [0.1, 0.15) is 0 Å². The summed E-state index contributed by atoms with van der Waals surface area (Å²) in [7, 11) is 0. The van der Waals surface area contributed by atoms with Crippen LogP contribution in [0.2, 0.25) is 0 Å². The summed E-state index contributed by atoms with van der Waals surface area (Å²) in [5.41, 5.74) is 8.32. The molecule has 2 aromatic carbocycles. The van der Waals surface area contributed by atoms with Gasteiger partial charge in [-0.1, -0.05) is 42.5 Å². The SMILES string of the molecule is c1ccc2c(c1)CC[C@H]1[C@@H]2c2cccc3c2[C@H]1CCC3. The van der Waals surface area contributed by atoms with Gasteiger partial charge in [-0.25, -0.2) is 0 Å². The number of hydrogen-bond acceptors (Lipinski definition) is 0. The molecule has 3 aliphatic carbocycles. The first-order chi connectivity index (χ1) is 9.93. The molecule has 100 valence electrons. The zero-order chi connectivity index (χ0) is 13.1. The van der Waals surface area contributed by atoms with Gasteiger partial charge in [0.2, 0.25) is 0 Å². The molecule has 0 aromatic heterocycles. The van der Waals surface area contributed by atoms with Gasteiger partial charge in [-0.3, -0.25) is 0 Å². The lowest BCUT2D eigenvalue weighted by Crippen LogP contribution is -2.21. The molecule has 0 bridgehead atoms. The largest absolute Gasteiger partial charge is 0.0620 e. The molecule has 0 N–H and O–H groups in total.